The van der Waals surface area contributed by atoms with Gasteiger partial charge in [0, 0.05) is 13.0 Å². The quantitative estimate of drug-likeness (QED) is 0.621. The van der Waals surface area contributed by atoms with Crippen molar-refractivity contribution in [1.29, 1.82) is 0 Å². The van der Waals surface area contributed by atoms with Crippen LogP contribution in [-0.2, 0) is 10.2 Å². The van der Waals surface area contributed by atoms with Crippen LogP contribution in [0.5, 0.6) is 0 Å². The molecule has 2 rings (SSSR count). The van der Waals surface area contributed by atoms with Gasteiger partial charge in [-0.05, 0) is 37.1 Å². The lowest BCUT2D eigenvalue weighted by molar-refractivity contribution is -0.125. The summed E-state index contributed by atoms with van der Waals surface area (Å²) in [5.74, 6) is 0.940. The molecule has 0 saturated carbocycles. The molecule has 0 radical (unpaired) electrons. The minimum atomic E-state index is -0.614. The number of rotatable bonds is 9. The highest BCUT2D eigenvalue weighted by molar-refractivity contribution is 5.94. The smallest absolute Gasteiger partial charge is 0.147 e. The van der Waals surface area contributed by atoms with Gasteiger partial charge < -0.3 is 4.90 Å². The summed E-state index contributed by atoms with van der Waals surface area (Å²) in [5.41, 5.74) is 1.62. The molecular formula is C24H33NO. The second-order valence-corrected chi connectivity index (χ2v) is 7.57. The molecule has 0 aliphatic heterocycles. The molecule has 0 aliphatic rings. The molecule has 0 amide bonds. The van der Waals surface area contributed by atoms with E-state index in [0.29, 0.717) is 18.1 Å². The molecule has 0 heterocycles. The SMILES string of the molecule is CCC(=O)C(c1ccccc1)(c1ccccc1)[C@H](CN(C)C)[C@@H](C)CC. The summed E-state index contributed by atoms with van der Waals surface area (Å²) in [7, 11) is 4.21. The highest BCUT2D eigenvalue weighted by atomic mass is 16.1. The largest absolute Gasteiger partial charge is 0.309 e. The van der Waals surface area contributed by atoms with Crippen molar-refractivity contribution in [2.45, 2.75) is 39.0 Å². The van der Waals surface area contributed by atoms with E-state index in [2.05, 4.69) is 81.4 Å². The second kappa shape index (κ2) is 9.14. The molecule has 2 heteroatoms. The molecule has 2 aromatic carbocycles. The third-order valence-electron chi connectivity index (χ3n) is 5.67. The van der Waals surface area contributed by atoms with Crippen molar-refractivity contribution in [3.8, 4) is 0 Å². The molecule has 0 aromatic heterocycles. The summed E-state index contributed by atoms with van der Waals surface area (Å²) in [6.45, 7) is 7.39. The monoisotopic (exact) mass is 351 g/mol. The van der Waals surface area contributed by atoms with Gasteiger partial charge in [0.05, 0.1) is 5.41 Å². The Labute approximate surface area is 159 Å². The van der Waals surface area contributed by atoms with E-state index in [1.54, 1.807) is 0 Å². The average Bonchev–Trinajstić information content (AvgIpc) is 2.68. The molecule has 2 atom stereocenters. The number of ketones is 1. The lowest BCUT2D eigenvalue weighted by Crippen LogP contribution is -2.50. The standard InChI is InChI=1S/C24H33NO/c1-6-19(3)22(18-25(4)5)24(23(26)7-2,20-14-10-8-11-15-20)21-16-12-9-13-17-21/h8-17,19,22H,6-7,18H2,1-5H3/t19-,22+/m0/s1. The van der Waals surface area contributed by atoms with Gasteiger partial charge in [-0.15, -0.1) is 0 Å². The van der Waals surface area contributed by atoms with E-state index >= 15 is 0 Å². The number of hydrogen-bond acceptors (Lipinski definition) is 2. The Kier molecular flexibility index (Phi) is 7.16. The van der Waals surface area contributed by atoms with Gasteiger partial charge in [-0.3, -0.25) is 4.79 Å². The van der Waals surface area contributed by atoms with Gasteiger partial charge in [0.15, 0.2) is 0 Å². The van der Waals surface area contributed by atoms with E-state index in [9.17, 15) is 4.79 Å². The number of hydrogen-bond donors (Lipinski definition) is 0. The molecule has 0 saturated heterocycles. The maximum Gasteiger partial charge on any atom is 0.147 e. The molecule has 26 heavy (non-hydrogen) atoms. The van der Waals surface area contributed by atoms with Crippen molar-refractivity contribution >= 4 is 5.78 Å². The number of benzene rings is 2. The summed E-state index contributed by atoms with van der Waals surface area (Å²) < 4.78 is 0. The van der Waals surface area contributed by atoms with Crippen LogP contribution in [0.15, 0.2) is 60.7 Å². The van der Waals surface area contributed by atoms with Crippen molar-refractivity contribution in [3.63, 3.8) is 0 Å². The molecule has 140 valence electrons. The van der Waals surface area contributed by atoms with E-state index in [1.807, 2.05) is 19.1 Å². The van der Waals surface area contributed by atoms with E-state index < -0.39 is 5.41 Å². The van der Waals surface area contributed by atoms with Crippen LogP contribution in [0, 0.1) is 11.8 Å². The molecule has 0 unspecified atom stereocenters. The van der Waals surface area contributed by atoms with Crippen molar-refractivity contribution in [2.24, 2.45) is 11.8 Å². The first kappa shape index (κ1) is 20.4. The molecule has 0 fully saturated rings. The fraction of sp³-hybridized carbons (Fsp3) is 0.458. The number of carbonyl (C=O) groups is 1. The predicted molar refractivity (Wildman–Crippen MR) is 110 cm³/mol. The van der Waals surface area contributed by atoms with Gasteiger partial charge >= 0.3 is 0 Å². The zero-order valence-electron chi connectivity index (χ0n) is 16.9. The summed E-state index contributed by atoms with van der Waals surface area (Å²) in [6.07, 6.45) is 1.58. The van der Waals surface area contributed by atoms with Crippen molar-refractivity contribution in [3.05, 3.63) is 71.8 Å². The zero-order chi connectivity index (χ0) is 19.2. The highest BCUT2D eigenvalue weighted by Gasteiger charge is 2.48. The molecule has 2 aromatic rings. The van der Waals surface area contributed by atoms with Crippen LogP contribution in [0.25, 0.3) is 0 Å². The minimum absolute atomic E-state index is 0.208. The number of carbonyl (C=O) groups excluding carboxylic acids is 1. The summed E-state index contributed by atoms with van der Waals surface area (Å²) in [6, 6.07) is 20.8. The molecule has 2 nitrogen and oxygen atoms in total. The lowest BCUT2D eigenvalue weighted by Gasteiger charge is -2.44. The normalized spacial score (nSPS) is 14.2. The van der Waals surface area contributed by atoms with Crippen LogP contribution in [-0.4, -0.2) is 31.3 Å². The van der Waals surface area contributed by atoms with Crippen LogP contribution >= 0.6 is 0 Å². The van der Waals surface area contributed by atoms with Gasteiger partial charge in [0.2, 0.25) is 0 Å². The molecule has 0 N–H and O–H groups in total. The highest BCUT2D eigenvalue weighted by Crippen LogP contribution is 2.45. The first-order chi connectivity index (χ1) is 12.5. The summed E-state index contributed by atoms with van der Waals surface area (Å²) >= 11 is 0. The van der Waals surface area contributed by atoms with Crippen LogP contribution in [0.4, 0.5) is 0 Å². The van der Waals surface area contributed by atoms with Crippen molar-refractivity contribution in [2.75, 3.05) is 20.6 Å². The Bertz CT molecular complexity index is 638. The Morgan fingerprint density at radius 2 is 1.38 bits per heavy atom. The van der Waals surface area contributed by atoms with Gasteiger partial charge in [0.25, 0.3) is 0 Å². The van der Waals surface area contributed by atoms with Crippen LogP contribution < -0.4 is 0 Å². The van der Waals surface area contributed by atoms with E-state index in [-0.39, 0.29) is 5.92 Å². The number of Topliss-reactive ketones (excluding diaryl/α,β-unsaturated/α-hetero) is 1. The summed E-state index contributed by atoms with van der Waals surface area (Å²) in [5, 5.41) is 0. The fourth-order valence-electron chi connectivity index (χ4n) is 4.23. The van der Waals surface area contributed by atoms with Crippen molar-refractivity contribution < 1.29 is 4.79 Å². The van der Waals surface area contributed by atoms with Gasteiger partial charge in [-0.25, -0.2) is 0 Å². The Balaban J connectivity index is 2.83. The number of nitrogens with zero attached hydrogens (tertiary/aromatic N) is 1. The second-order valence-electron chi connectivity index (χ2n) is 7.57. The van der Waals surface area contributed by atoms with Gasteiger partial charge in [-0.2, -0.15) is 0 Å². The summed E-state index contributed by atoms with van der Waals surface area (Å²) in [4.78, 5) is 15.9. The molecule has 0 aliphatic carbocycles. The third-order valence-corrected chi connectivity index (χ3v) is 5.67. The van der Waals surface area contributed by atoms with Crippen molar-refractivity contribution in [1.82, 2.24) is 4.90 Å². The van der Waals surface area contributed by atoms with E-state index in [4.69, 9.17) is 0 Å². The van der Waals surface area contributed by atoms with Gasteiger partial charge in [0.1, 0.15) is 5.78 Å². The van der Waals surface area contributed by atoms with Crippen LogP contribution in [0.3, 0.4) is 0 Å². The fourth-order valence-corrected chi connectivity index (χ4v) is 4.23. The first-order valence-electron chi connectivity index (χ1n) is 9.77. The maximum atomic E-state index is 13.7. The Hall–Kier alpha value is -1.93. The molecule has 0 spiro atoms. The average molecular weight is 352 g/mol. The minimum Gasteiger partial charge on any atom is -0.309 e. The van der Waals surface area contributed by atoms with Crippen LogP contribution in [0.1, 0.15) is 44.7 Å². The van der Waals surface area contributed by atoms with Crippen LogP contribution in [0.2, 0.25) is 0 Å². The molecular weight excluding hydrogens is 318 g/mol. The van der Waals surface area contributed by atoms with Gasteiger partial charge in [-0.1, -0.05) is 87.9 Å². The Morgan fingerprint density at radius 1 is 0.923 bits per heavy atom. The third kappa shape index (κ3) is 3.91. The molecule has 0 bridgehead atoms. The van der Waals surface area contributed by atoms with E-state index in [0.717, 1.165) is 24.1 Å². The predicted octanol–water partition coefficient (Wildman–Crippen LogP) is 5.18. The lowest BCUT2D eigenvalue weighted by atomic mass is 9.59. The first-order valence-corrected chi connectivity index (χ1v) is 9.77. The zero-order valence-corrected chi connectivity index (χ0v) is 16.9. The topological polar surface area (TPSA) is 20.3 Å². The Morgan fingerprint density at radius 3 is 1.73 bits per heavy atom. The maximum absolute atomic E-state index is 13.7. The van der Waals surface area contributed by atoms with E-state index in [1.165, 1.54) is 0 Å².